The average molecular weight is 390 g/mol. The molecule has 0 amide bonds. The van der Waals surface area contributed by atoms with Crippen molar-refractivity contribution < 1.29 is 29.3 Å². The van der Waals surface area contributed by atoms with E-state index in [4.69, 9.17) is 9.47 Å². The van der Waals surface area contributed by atoms with Crippen LogP contribution in [0.2, 0.25) is 0 Å². The van der Waals surface area contributed by atoms with Crippen LogP contribution in [-0.2, 0) is 19.1 Å². The molecule has 1 unspecified atom stereocenters. The van der Waals surface area contributed by atoms with Crippen LogP contribution in [0.4, 0.5) is 0 Å². The highest BCUT2D eigenvalue weighted by atomic mass is 16.6. The van der Waals surface area contributed by atoms with Gasteiger partial charge < -0.3 is 19.7 Å². The van der Waals surface area contributed by atoms with Crippen molar-refractivity contribution in [2.75, 3.05) is 13.2 Å². The Morgan fingerprint density at radius 2 is 1.82 bits per heavy atom. The number of hydrogen-bond donors (Lipinski definition) is 2. The van der Waals surface area contributed by atoms with Gasteiger partial charge in [-0.3, -0.25) is 4.79 Å². The first-order valence-corrected chi connectivity index (χ1v) is 9.65. The summed E-state index contributed by atoms with van der Waals surface area (Å²) in [4.78, 5) is 24.5. The predicted octanol–water partition coefficient (Wildman–Crippen LogP) is 3.32. The number of phenolic OH excluding ortho intramolecular Hbond substituents is 1. The second kappa shape index (κ2) is 9.24. The third kappa shape index (κ3) is 5.58. The molecule has 6 nitrogen and oxygen atoms in total. The minimum absolute atomic E-state index is 0.133. The molecule has 0 radical (unpaired) electrons. The number of hydrogen-bond acceptors (Lipinski definition) is 6. The first-order valence-electron chi connectivity index (χ1n) is 9.65. The largest absolute Gasteiger partial charge is 0.508 e. The van der Waals surface area contributed by atoms with Gasteiger partial charge in [0, 0.05) is 18.4 Å². The van der Waals surface area contributed by atoms with E-state index in [1.165, 1.54) is 12.1 Å². The van der Waals surface area contributed by atoms with Gasteiger partial charge in [-0.1, -0.05) is 39.8 Å². The van der Waals surface area contributed by atoms with E-state index in [0.29, 0.717) is 23.8 Å². The Hall–Kier alpha value is -2.34. The van der Waals surface area contributed by atoms with Crippen molar-refractivity contribution >= 4 is 18.0 Å². The molecule has 1 saturated heterocycles. The Labute approximate surface area is 166 Å². The minimum Gasteiger partial charge on any atom is -0.508 e. The van der Waals surface area contributed by atoms with Gasteiger partial charge in [-0.2, -0.15) is 0 Å². The molecule has 1 fully saturated rings. The second-order valence-corrected chi connectivity index (χ2v) is 8.19. The van der Waals surface area contributed by atoms with Gasteiger partial charge in [0.25, 0.3) is 0 Å². The normalized spacial score (nSPS) is 21.0. The summed E-state index contributed by atoms with van der Waals surface area (Å²) in [6.07, 6.45) is 2.09. The van der Waals surface area contributed by atoms with E-state index in [1.54, 1.807) is 18.2 Å². The van der Waals surface area contributed by atoms with Gasteiger partial charge in [0.05, 0.1) is 6.61 Å². The molecule has 0 bridgehead atoms. The van der Waals surface area contributed by atoms with Crippen LogP contribution in [0.1, 0.15) is 46.1 Å². The average Bonchev–Trinajstić information content (AvgIpc) is 2.95. The second-order valence-electron chi connectivity index (χ2n) is 8.19. The first-order chi connectivity index (χ1) is 13.2. The van der Waals surface area contributed by atoms with Crippen LogP contribution in [0, 0.1) is 17.8 Å². The van der Waals surface area contributed by atoms with Crippen LogP contribution in [0.25, 0.3) is 6.08 Å². The molecule has 1 atom stereocenters. The molecule has 1 aromatic rings. The summed E-state index contributed by atoms with van der Waals surface area (Å²) in [5.41, 5.74) is -0.133. The number of ether oxygens (including phenoxy) is 2. The minimum atomic E-state index is -1.25. The maximum Gasteiger partial charge on any atom is 0.334 e. The van der Waals surface area contributed by atoms with E-state index >= 15 is 0 Å². The van der Waals surface area contributed by atoms with E-state index in [2.05, 4.69) is 27.7 Å². The molecule has 1 aliphatic rings. The van der Waals surface area contributed by atoms with Crippen molar-refractivity contribution in [2.24, 2.45) is 17.8 Å². The van der Waals surface area contributed by atoms with Crippen LogP contribution in [0.15, 0.2) is 29.8 Å². The number of aromatic hydroxyl groups is 1. The number of esters is 2. The van der Waals surface area contributed by atoms with E-state index in [-0.39, 0.29) is 30.7 Å². The van der Waals surface area contributed by atoms with Crippen LogP contribution < -0.4 is 0 Å². The highest BCUT2D eigenvalue weighted by Gasteiger charge is 2.44. The number of cyclic esters (lactones) is 1. The Morgan fingerprint density at radius 3 is 2.36 bits per heavy atom. The number of aliphatic hydroxyl groups excluding tert-OH is 1. The van der Waals surface area contributed by atoms with Crippen molar-refractivity contribution in [1.82, 2.24) is 0 Å². The molecule has 0 aliphatic carbocycles. The lowest BCUT2D eigenvalue weighted by Crippen LogP contribution is -2.39. The van der Waals surface area contributed by atoms with Gasteiger partial charge >= 0.3 is 11.9 Å². The first kappa shape index (κ1) is 22.0. The van der Waals surface area contributed by atoms with E-state index < -0.39 is 18.2 Å². The van der Waals surface area contributed by atoms with E-state index in [9.17, 15) is 19.8 Å². The van der Waals surface area contributed by atoms with Crippen molar-refractivity contribution in [1.29, 1.82) is 0 Å². The Morgan fingerprint density at radius 1 is 1.21 bits per heavy atom. The summed E-state index contributed by atoms with van der Waals surface area (Å²) in [5.74, 6) is 0.141. The highest BCUT2D eigenvalue weighted by molar-refractivity contribution is 5.96. The lowest BCUT2D eigenvalue weighted by molar-refractivity contribution is -0.167. The summed E-state index contributed by atoms with van der Waals surface area (Å²) in [5, 5.41) is 19.1. The molecular weight excluding hydrogens is 360 g/mol. The van der Waals surface area contributed by atoms with Crippen LogP contribution in [0.3, 0.4) is 0 Å². The number of carbonyl (C=O) groups is 2. The fourth-order valence-corrected chi connectivity index (χ4v) is 3.52. The molecule has 0 spiro atoms. The van der Waals surface area contributed by atoms with Gasteiger partial charge in [0.1, 0.15) is 12.4 Å². The van der Waals surface area contributed by atoms with Crippen molar-refractivity contribution in [3.8, 4) is 5.75 Å². The van der Waals surface area contributed by atoms with Gasteiger partial charge in [-0.25, -0.2) is 4.79 Å². The van der Waals surface area contributed by atoms with Gasteiger partial charge in [-0.05, 0) is 41.5 Å². The van der Waals surface area contributed by atoms with Gasteiger partial charge in [0.2, 0.25) is 0 Å². The maximum atomic E-state index is 12.3. The summed E-state index contributed by atoms with van der Waals surface area (Å²) in [6.45, 7) is 7.69. The molecule has 28 heavy (non-hydrogen) atoms. The third-order valence-electron chi connectivity index (χ3n) is 5.22. The van der Waals surface area contributed by atoms with Crippen LogP contribution >= 0.6 is 0 Å². The van der Waals surface area contributed by atoms with Gasteiger partial charge in [-0.15, -0.1) is 0 Å². The third-order valence-corrected chi connectivity index (χ3v) is 5.22. The lowest BCUT2D eigenvalue weighted by Gasteiger charge is -2.26. The summed E-state index contributed by atoms with van der Waals surface area (Å²) in [6, 6.07) is 6.39. The molecule has 1 heterocycles. The van der Waals surface area contributed by atoms with E-state index in [0.717, 1.165) is 5.56 Å². The smallest absolute Gasteiger partial charge is 0.334 e. The highest BCUT2D eigenvalue weighted by Crippen LogP contribution is 2.33. The summed E-state index contributed by atoms with van der Waals surface area (Å²) in [7, 11) is 0. The molecule has 154 valence electrons. The van der Waals surface area contributed by atoms with Crippen molar-refractivity contribution in [2.45, 2.75) is 46.1 Å². The number of rotatable bonds is 8. The lowest BCUT2D eigenvalue weighted by atomic mass is 9.83. The number of carbonyl (C=O) groups excluding carboxylic acids is 2. The fourth-order valence-electron chi connectivity index (χ4n) is 3.52. The number of benzene rings is 1. The van der Waals surface area contributed by atoms with E-state index in [1.807, 2.05) is 0 Å². The van der Waals surface area contributed by atoms with Crippen molar-refractivity contribution in [3.05, 3.63) is 35.4 Å². The van der Waals surface area contributed by atoms with Crippen molar-refractivity contribution in [3.63, 3.8) is 0 Å². The van der Waals surface area contributed by atoms with Crippen LogP contribution in [-0.4, -0.2) is 41.0 Å². The fraction of sp³-hybridized carbons (Fsp3) is 0.545. The molecule has 1 aliphatic heterocycles. The van der Waals surface area contributed by atoms with Gasteiger partial charge in [0.15, 0.2) is 5.60 Å². The standard InChI is InChI=1S/C22H30O6/c1-14(2)19(15(3)4)10-20(25)27-13-22(12-23)11-17(21(26)28-22)9-16-5-7-18(24)8-6-16/h5-9,14-15,19,23-24H,10-13H2,1-4H3/b17-9+. The zero-order valence-electron chi connectivity index (χ0n) is 17.0. The van der Waals surface area contributed by atoms with Crippen LogP contribution in [0.5, 0.6) is 5.75 Å². The monoisotopic (exact) mass is 390 g/mol. The molecule has 6 heteroatoms. The molecule has 1 aromatic carbocycles. The Kier molecular flexibility index (Phi) is 7.24. The summed E-state index contributed by atoms with van der Waals surface area (Å²) >= 11 is 0. The molecule has 0 saturated carbocycles. The predicted molar refractivity (Wildman–Crippen MR) is 105 cm³/mol. The molecular formula is C22H30O6. The summed E-state index contributed by atoms with van der Waals surface area (Å²) < 4.78 is 10.8. The number of aliphatic hydroxyl groups is 1. The Bertz CT molecular complexity index is 711. The quantitative estimate of drug-likeness (QED) is 0.522. The zero-order chi connectivity index (χ0) is 20.9. The molecule has 0 aromatic heterocycles. The SMILES string of the molecule is CC(C)C(CC(=O)OCC1(CO)C/C(=C\c2ccc(O)cc2)C(=O)O1)C(C)C. The Balaban J connectivity index is 2.02. The molecule has 2 N–H and O–H groups in total. The number of phenols is 1. The topological polar surface area (TPSA) is 93.1 Å². The maximum absolute atomic E-state index is 12.3. The molecule has 2 rings (SSSR count). The zero-order valence-corrected chi connectivity index (χ0v) is 17.0.